The van der Waals surface area contributed by atoms with E-state index < -0.39 is 0 Å². The molecule has 0 radical (unpaired) electrons. The molecule has 2 fully saturated rings. The molecule has 3 atom stereocenters. The second-order valence-corrected chi connectivity index (χ2v) is 7.74. The number of carbonyl (C=O) groups excluding carboxylic acids is 1. The molecule has 0 spiro atoms. The molecular weight excluding hydrogens is 318 g/mol. The Morgan fingerprint density at radius 2 is 2.12 bits per heavy atom. The molecule has 140 valence electrons. The number of hydrogen-bond acceptors (Lipinski definition) is 5. The lowest BCUT2D eigenvalue weighted by atomic mass is 9.98. The summed E-state index contributed by atoms with van der Waals surface area (Å²) < 4.78 is 5.29. The van der Waals surface area contributed by atoms with E-state index in [-0.39, 0.29) is 11.9 Å². The van der Waals surface area contributed by atoms with Gasteiger partial charge in [0.15, 0.2) is 5.82 Å². The lowest BCUT2D eigenvalue weighted by molar-refractivity contribution is 0.132. The van der Waals surface area contributed by atoms with Gasteiger partial charge in [-0.2, -0.15) is 4.98 Å². The van der Waals surface area contributed by atoms with Crippen LogP contribution in [0.4, 0.5) is 4.79 Å². The molecule has 0 saturated carbocycles. The Morgan fingerprint density at radius 1 is 1.32 bits per heavy atom. The molecule has 7 heteroatoms. The Labute approximate surface area is 150 Å². The van der Waals surface area contributed by atoms with Gasteiger partial charge < -0.3 is 14.7 Å². The normalized spacial score (nSPS) is 26.4. The van der Waals surface area contributed by atoms with Crippen molar-refractivity contribution in [3.63, 3.8) is 0 Å². The molecule has 1 N–H and O–H groups in total. The van der Waals surface area contributed by atoms with E-state index in [1.165, 1.54) is 12.8 Å². The SMILES string of the molecule is Cc1noc(C2CCCN(C(=O)NCC(C)N3CCCC(C)C3)C2)n1. The fourth-order valence-corrected chi connectivity index (χ4v) is 3.94. The third-order valence-electron chi connectivity index (χ3n) is 5.46. The number of rotatable bonds is 4. The molecule has 1 aromatic rings. The van der Waals surface area contributed by atoms with Gasteiger partial charge in [0.05, 0.1) is 5.92 Å². The molecule has 3 heterocycles. The maximum atomic E-state index is 12.6. The van der Waals surface area contributed by atoms with Crippen molar-refractivity contribution in [2.24, 2.45) is 5.92 Å². The molecule has 3 unspecified atom stereocenters. The molecule has 0 aliphatic carbocycles. The number of carbonyl (C=O) groups is 1. The molecular formula is C18H31N5O2. The summed E-state index contributed by atoms with van der Waals surface area (Å²) in [5.41, 5.74) is 0. The molecule has 7 nitrogen and oxygen atoms in total. The molecule has 25 heavy (non-hydrogen) atoms. The number of likely N-dealkylation sites (tertiary alicyclic amines) is 2. The maximum absolute atomic E-state index is 12.6. The summed E-state index contributed by atoms with van der Waals surface area (Å²) in [7, 11) is 0. The minimum Gasteiger partial charge on any atom is -0.339 e. The van der Waals surface area contributed by atoms with Crippen LogP contribution in [-0.2, 0) is 0 Å². The van der Waals surface area contributed by atoms with Crippen molar-refractivity contribution in [1.82, 2.24) is 25.3 Å². The first-order chi connectivity index (χ1) is 12.0. The van der Waals surface area contributed by atoms with Crippen LogP contribution in [0.25, 0.3) is 0 Å². The van der Waals surface area contributed by atoms with E-state index in [4.69, 9.17) is 4.52 Å². The van der Waals surface area contributed by atoms with E-state index >= 15 is 0 Å². The summed E-state index contributed by atoms with van der Waals surface area (Å²) in [6.45, 7) is 10.8. The van der Waals surface area contributed by atoms with E-state index in [9.17, 15) is 4.79 Å². The first-order valence-corrected chi connectivity index (χ1v) is 9.60. The van der Waals surface area contributed by atoms with E-state index in [0.717, 1.165) is 38.4 Å². The summed E-state index contributed by atoms with van der Waals surface area (Å²) in [6, 6.07) is 0.406. The van der Waals surface area contributed by atoms with Crippen LogP contribution in [0.1, 0.15) is 57.2 Å². The lowest BCUT2D eigenvalue weighted by Crippen LogP contribution is -2.50. The summed E-state index contributed by atoms with van der Waals surface area (Å²) in [4.78, 5) is 21.3. The smallest absolute Gasteiger partial charge is 0.317 e. The van der Waals surface area contributed by atoms with Crippen LogP contribution in [0, 0.1) is 12.8 Å². The highest BCUT2D eigenvalue weighted by atomic mass is 16.5. The molecule has 2 saturated heterocycles. The summed E-state index contributed by atoms with van der Waals surface area (Å²) >= 11 is 0. The summed E-state index contributed by atoms with van der Waals surface area (Å²) in [6.07, 6.45) is 4.54. The van der Waals surface area contributed by atoms with Crippen molar-refractivity contribution in [1.29, 1.82) is 0 Å². The largest absolute Gasteiger partial charge is 0.339 e. The number of urea groups is 1. The first-order valence-electron chi connectivity index (χ1n) is 9.60. The standard InChI is InChI=1S/C18H31N5O2/c1-13-6-4-8-22(11-13)14(2)10-19-18(24)23-9-5-7-16(12-23)17-20-15(3)21-25-17/h13-14,16H,4-12H2,1-3H3,(H,19,24). The number of aryl methyl sites for hydroxylation is 1. The number of nitrogens with zero attached hydrogens (tertiary/aromatic N) is 4. The monoisotopic (exact) mass is 349 g/mol. The van der Waals surface area contributed by atoms with E-state index in [1.807, 2.05) is 11.8 Å². The second-order valence-electron chi connectivity index (χ2n) is 7.74. The second kappa shape index (κ2) is 8.17. The van der Waals surface area contributed by atoms with Crippen molar-refractivity contribution in [3.8, 4) is 0 Å². The molecule has 3 rings (SSSR count). The van der Waals surface area contributed by atoms with Crippen LogP contribution < -0.4 is 5.32 Å². The molecule has 1 aromatic heterocycles. The molecule has 2 amide bonds. The third kappa shape index (κ3) is 4.71. The van der Waals surface area contributed by atoms with Crippen LogP contribution in [-0.4, -0.2) is 64.7 Å². The summed E-state index contributed by atoms with van der Waals surface area (Å²) in [5.74, 6) is 2.22. The summed E-state index contributed by atoms with van der Waals surface area (Å²) in [5, 5.41) is 6.99. The van der Waals surface area contributed by atoms with Crippen LogP contribution >= 0.6 is 0 Å². The Bertz CT molecular complexity index is 576. The minimum atomic E-state index is 0.0258. The zero-order valence-corrected chi connectivity index (χ0v) is 15.7. The van der Waals surface area contributed by atoms with Crippen molar-refractivity contribution < 1.29 is 9.32 Å². The topological polar surface area (TPSA) is 74.5 Å². The van der Waals surface area contributed by atoms with Crippen molar-refractivity contribution in [2.75, 3.05) is 32.7 Å². The van der Waals surface area contributed by atoms with Gasteiger partial charge in [0.25, 0.3) is 0 Å². The number of piperidine rings is 2. The van der Waals surface area contributed by atoms with E-state index in [2.05, 4.69) is 34.2 Å². The highest BCUT2D eigenvalue weighted by Gasteiger charge is 2.29. The lowest BCUT2D eigenvalue weighted by Gasteiger charge is -2.36. The highest BCUT2D eigenvalue weighted by Crippen LogP contribution is 2.25. The predicted molar refractivity (Wildman–Crippen MR) is 95.4 cm³/mol. The number of amides is 2. The Morgan fingerprint density at radius 3 is 2.84 bits per heavy atom. The highest BCUT2D eigenvalue weighted by molar-refractivity contribution is 5.74. The minimum absolute atomic E-state index is 0.0258. The zero-order valence-electron chi connectivity index (χ0n) is 15.7. The van der Waals surface area contributed by atoms with Gasteiger partial charge >= 0.3 is 6.03 Å². The van der Waals surface area contributed by atoms with Crippen molar-refractivity contribution in [3.05, 3.63) is 11.7 Å². The van der Waals surface area contributed by atoms with Gasteiger partial charge in [-0.05, 0) is 52.0 Å². The van der Waals surface area contributed by atoms with Gasteiger partial charge in [0.1, 0.15) is 0 Å². The van der Waals surface area contributed by atoms with Crippen LogP contribution in [0.3, 0.4) is 0 Å². The third-order valence-corrected chi connectivity index (χ3v) is 5.46. The van der Waals surface area contributed by atoms with E-state index in [1.54, 1.807) is 0 Å². The van der Waals surface area contributed by atoms with Gasteiger partial charge in [0.2, 0.25) is 5.89 Å². The Balaban J connectivity index is 1.47. The molecule has 0 bridgehead atoms. The van der Waals surface area contributed by atoms with Crippen molar-refractivity contribution >= 4 is 6.03 Å². The van der Waals surface area contributed by atoms with Gasteiger partial charge in [-0.3, -0.25) is 4.90 Å². The first kappa shape index (κ1) is 18.2. The predicted octanol–water partition coefficient (Wildman–Crippen LogP) is 2.39. The van der Waals surface area contributed by atoms with Crippen LogP contribution in [0.2, 0.25) is 0 Å². The fraction of sp³-hybridized carbons (Fsp3) is 0.833. The Hall–Kier alpha value is -1.63. The quantitative estimate of drug-likeness (QED) is 0.903. The number of nitrogens with one attached hydrogen (secondary N) is 1. The fourth-order valence-electron chi connectivity index (χ4n) is 3.94. The van der Waals surface area contributed by atoms with Gasteiger partial charge in [-0.15, -0.1) is 0 Å². The molecule has 2 aliphatic heterocycles. The average Bonchev–Trinajstić information content (AvgIpc) is 3.06. The van der Waals surface area contributed by atoms with Gasteiger partial charge in [-0.1, -0.05) is 12.1 Å². The average molecular weight is 349 g/mol. The van der Waals surface area contributed by atoms with Crippen molar-refractivity contribution in [2.45, 2.75) is 58.4 Å². The number of hydrogen-bond donors (Lipinski definition) is 1. The van der Waals surface area contributed by atoms with Gasteiger partial charge in [-0.25, -0.2) is 4.79 Å². The zero-order chi connectivity index (χ0) is 17.8. The van der Waals surface area contributed by atoms with Crippen LogP contribution in [0.5, 0.6) is 0 Å². The van der Waals surface area contributed by atoms with Gasteiger partial charge in [0, 0.05) is 32.2 Å². The molecule has 2 aliphatic rings. The Kier molecular flexibility index (Phi) is 5.93. The maximum Gasteiger partial charge on any atom is 0.317 e. The number of aromatic nitrogens is 2. The molecule has 0 aromatic carbocycles. The van der Waals surface area contributed by atoms with Crippen LogP contribution in [0.15, 0.2) is 4.52 Å². The van der Waals surface area contributed by atoms with E-state index in [0.29, 0.717) is 30.8 Å².